The minimum absolute atomic E-state index is 0.0727. The van der Waals surface area contributed by atoms with Crippen molar-refractivity contribution in [3.63, 3.8) is 0 Å². The van der Waals surface area contributed by atoms with E-state index in [0.29, 0.717) is 18.4 Å². The first-order valence-corrected chi connectivity index (χ1v) is 7.53. The molecule has 0 bridgehead atoms. The molecule has 0 unspecified atom stereocenters. The monoisotopic (exact) mass is 266 g/mol. The maximum atomic E-state index is 12.6. The van der Waals surface area contributed by atoms with Gasteiger partial charge in [-0.3, -0.25) is 9.59 Å². The van der Waals surface area contributed by atoms with E-state index in [-0.39, 0.29) is 17.7 Å². The van der Waals surface area contributed by atoms with Crippen LogP contribution in [0.15, 0.2) is 0 Å². The standard InChI is InChI=1S/C15H26N2O2/c1-11(2)6-9-17(13-4-5-13)15(19)12-7-8-16(3)14(18)10-12/h11-13H,4-10H2,1-3H3/t12-/m0/s1. The zero-order valence-corrected chi connectivity index (χ0v) is 12.4. The second-order valence-corrected chi connectivity index (χ2v) is 6.45. The molecule has 4 heteroatoms. The molecule has 2 rings (SSSR count). The summed E-state index contributed by atoms with van der Waals surface area (Å²) in [5, 5.41) is 0. The lowest BCUT2D eigenvalue weighted by molar-refractivity contribution is -0.144. The van der Waals surface area contributed by atoms with Crippen LogP contribution in [-0.2, 0) is 9.59 Å². The second-order valence-electron chi connectivity index (χ2n) is 6.45. The van der Waals surface area contributed by atoms with Gasteiger partial charge < -0.3 is 9.80 Å². The molecule has 1 aliphatic carbocycles. The van der Waals surface area contributed by atoms with Crippen LogP contribution in [0.2, 0.25) is 0 Å². The first kappa shape index (κ1) is 14.4. The maximum absolute atomic E-state index is 12.6. The minimum Gasteiger partial charge on any atom is -0.346 e. The normalized spacial score (nSPS) is 23.9. The van der Waals surface area contributed by atoms with E-state index >= 15 is 0 Å². The van der Waals surface area contributed by atoms with E-state index in [2.05, 4.69) is 18.7 Å². The number of hydrogen-bond acceptors (Lipinski definition) is 2. The summed E-state index contributed by atoms with van der Waals surface area (Å²) in [4.78, 5) is 28.1. The summed E-state index contributed by atoms with van der Waals surface area (Å²) in [5.41, 5.74) is 0. The van der Waals surface area contributed by atoms with E-state index in [4.69, 9.17) is 0 Å². The molecule has 2 fully saturated rings. The highest BCUT2D eigenvalue weighted by atomic mass is 16.2. The molecule has 0 aromatic carbocycles. The third kappa shape index (κ3) is 3.71. The molecule has 2 aliphatic rings. The Morgan fingerprint density at radius 2 is 2.05 bits per heavy atom. The highest BCUT2D eigenvalue weighted by Gasteiger charge is 2.37. The van der Waals surface area contributed by atoms with Gasteiger partial charge in [-0.15, -0.1) is 0 Å². The molecule has 0 radical (unpaired) electrons. The van der Waals surface area contributed by atoms with Gasteiger partial charge in [0, 0.05) is 38.5 Å². The fraction of sp³-hybridized carbons (Fsp3) is 0.867. The SMILES string of the molecule is CC(C)CCN(C(=O)[C@H]1CCN(C)C(=O)C1)C1CC1. The molecule has 1 heterocycles. The molecule has 1 atom stereocenters. The van der Waals surface area contributed by atoms with Gasteiger partial charge in [0.1, 0.15) is 0 Å². The third-order valence-electron chi connectivity index (χ3n) is 4.23. The van der Waals surface area contributed by atoms with Gasteiger partial charge in [-0.25, -0.2) is 0 Å². The summed E-state index contributed by atoms with van der Waals surface area (Å²) < 4.78 is 0. The van der Waals surface area contributed by atoms with Crippen LogP contribution in [0.3, 0.4) is 0 Å². The lowest BCUT2D eigenvalue weighted by atomic mass is 9.94. The van der Waals surface area contributed by atoms with Gasteiger partial charge in [-0.05, 0) is 31.6 Å². The summed E-state index contributed by atoms with van der Waals surface area (Å²) in [7, 11) is 1.82. The Bertz CT molecular complexity index is 350. The van der Waals surface area contributed by atoms with Gasteiger partial charge in [-0.1, -0.05) is 13.8 Å². The van der Waals surface area contributed by atoms with Gasteiger partial charge in [-0.2, -0.15) is 0 Å². The number of carbonyl (C=O) groups excluding carboxylic acids is 2. The van der Waals surface area contributed by atoms with Gasteiger partial charge in [0.05, 0.1) is 0 Å². The molecular weight excluding hydrogens is 240 g/mol. The summed E-state index contributed by atoms with van der Waals surface area (Å²) in [5.74, 6) is 0.887. The Hall–Kier alpha value is -1.06. The molecule has 0 aromatic heterocycles. The van der Waals surface area contributed by atoms with Crippen LogP contribution in [0.4, 0.5) is 0 Å². The van der Waals surface area contributed by atoms with Crippen molar-refractivity contribution < 1.29 is 9.59 Å². The number of likely N-dealkylation sites (tertiary alicyclic amines) is 1. The average molecular weight is 266 g/mol. The number of carbonyl (C=O) groups is 2. The van der Waals surface area contributed by atoms with Crippen LogP contribution in [0.1, 0.15) is 46.0 Å². The number of piperidine rings is 1. The Morgan fingerprint density at radius 1 is 1.37 bits per heavy atom. The van der Waals surface area contributed by atoms with Crippen molar-refractivity contribution in [3.05, 3.63) is 0 Å². The van der Waals surface area contributed by atoms with Crippen LogP contribution < -0.4 is 0 Å². The van der Waals surface area contributed by atoms with Gasteiger partial charge in [0.2, 0.25) is 11.8 Å². The molecule has 2 amide bonds. The largest absolute Gasteiger partial charge is 0.346 e. The third-order valence-corrected chi connectivity index (χ3v) is 4.23. The van der Waals surface area contributed by atoms with Crippen LogP contribution in [0, 0.1) is 11.8 Å². The Balaban J connectivity index is 1.93. The average Bonchev–Trinajstić information content (AvgIpc) is 3.16. The number of rotatable bonds is 5. The van der Waals surface area contributed by atoms with E-state index in [1.807, 2.05) is 7.05 Å². The molecule has 1 aliphatic heterocycles. The van der Waals surface area contributed by atoms with Crippen molar-refractivity contribution in [2.24, 2.45) is 11.8 Å². The molecule has 19 heavy (non-hydrogen) atoms. The number of hydrogen-bond donors (Lipinski definition) is 0. The van der Waals surface area contributed by atoms with E-state index in [1.54, 1.807) is 4.90 Å². The first-order valence-electron chi connectivity index (χ1n) is 7.53. The Kier molecular flexibility index (Phi) is 4.48. The topological polar surface area (TPSA) is 40.6 Å². The molecule has 0 N–H and O–H groups in total. The summed E-state index contributed by atoms with van der Waals surface area (Å²) in [6.07, 6.45) is 4.57. The quantitative estimate of drug-likeness (QED) is 0.762. The molecule has 1 saturated heterocycles. The van der Waals surface area contributed by atoms with Gasteiger partial charge >= 0.3 is 0 Å². The highest BCUT2D eigenvalue weighted by molar-refractivity contribution is 5.87. The lowest BCUT2D eigenvalue weighted by Crippen LogP contribution is -2.45. The maximum Gasteiger partial charge on any atom is 0.226 e. The van der Waals surface area contributed by atoms with Crippen molar-refractivity contribution in [2.45, 2.75) is 52.0 Å². The predicted octanol–water partition coefficient (Wildman–Crippen LogP) is 1.89. The lowest BCUT2D eigenvalue weighted by Gasteiger charge is -2.32. The van der Waals surface area contributed by atoms with E-state index < -0.39 is 0 Å². The van der Waals surface area contributed by atoms with Crippen molar-refractivity contribution >= 4 is 11.8 Å². The van der Waals surface area contributed by atoms with Gasteiger partial charge in [0.25, 0.3) is 0 Å². The van der Waals surface area contributed by atoms with E-state index in [0.717, 1.165) is 38.8 Å². The van der Waals surface area contributed by atoms with Crippen molar-refractivity contribution in [1.82, 2.24) is 9.80 Å². The second kappa shape index (κ2) is 5.93. The minimum atomic E-state index is -0.0727. The van der Waals surface area contributed by atoms with E-state index in [9.17, 15) is 9.59 Å². The summed E-state index contributed by atoms with van der Waals surface area (Å²) in [6, 6.07) is 0.459. The molecule has 0 aromatic rings. The van der Waals surface area contributed by atoms with Crippen LogP contribution in [-0.4, -0.2) is 47.8 Å². The Morgan fingerprint density at radius 3 is 2.58 bits per heavy atom. The molecule has 0 spiro atoms. The van der Waals surface area contributed by atoms with E-state index in [1.165, 1.54) is 0 Å². The zero-order valence-electron chi connectivity index (χ0n) is 12.4. The fourth-order valence-corrected chi connectivity index (χ4v) is 2.64. The summed E-state index contributed by atoms with van der Waals surface area (Å²) in [6.45, 7) is 5.96. The summed E-state index contributed by atoms with van der Waals surface area (Å²) >= 11 is 0. The molecule has 4 nitrogen and oxygen atoms in total. The highest BCUT2D eigenvalue weighted by Crippen LogP contribution is 2.31. The first-order chi connectivity index (χ1) is 8.99. The molecular formula is C15H26N2O2. The molecule has 108 valence electrons. The van der Waals surface area contributed by atoms with Crippen molar-refractivity contribution in [1.29, 1.82) is 0 Å². The fourth-order valence-electron chi connectivity index (χ4n) is 2.64. The zero-order chi connectivity index (χ0) is 14.0. The number of nitrogens with zero attached hydrogens (tertiary/aromatic N) is 2. The van der Waals surface area contributed by atoms with Crippen molar-refractivity contribution in [2.75, 3.05) is 20.1 Å². The number of amides is 2. The van der Waals surface area contributed by atoms with Crippen molar-refractivity contribution in [3.8, 4) is 0 Å². The molecule has 1 saturated carbocycles. The van der Waals surface area contributed by atoms with Crippen LogP contribution in [0.25, 0.3) is 0 Å². The van der Waals surface area contributed by atoms with Crippen LogP contribution in [0.5, 0.6) is 0 Å². The Labute approximate surface area is 116 Å². The van der Waals surface area contributed by atoms with Gasteiger partial charge in [0.15, 0.2) is 0 Å². The van der Waals surface area contributed by atoms with Crippen LogP contribution >= 0.6 is 0 Å². The smallest absolute Gasteiger partial charge is 0.226 e. The predicted molar refractivity (Wildman–Crippen MR) is 74.6 cm³/mol.